The highest BCUT2D eigenvalue weighted by atomic mass is 35.5. The highest BCUT2D eigenvalue weighted by Gasteiger charge is 2.17. The van der Waals surface area contributed by atoms with E-state index in [0.717, 1.165) is 0 Å². The van der Waals surface area contributed by atoms with E-state index in [9.17, 15) is 14.0 Å². The monoisotopic (exact) mass is 447 g/mol. The molecule has 30 heavy (non-hydrogen) atoms. The van der Waals surface area contributed by atoms with Crippen molar-refractivity contribution in [1.82, 2.24) is 14.8 Å². The van der Waals surface area contributed by atoms with E-state index in [1.54, 1.807) is 41.0 Å². The molecule has 2 amide bonds. The van der Waals surface area contributed by atoms with Crippen molar-refractivity contribution in [2.75, 3.05) is 16.4 Å². The van der Waals surface area contributed by atoms with Crippen molar-refractivity contribution in [2.24, 2.45) is 0 Å². The van der Waals surface area contributed by atoms with Gasteiger partial charge in [0.1, 0.15) is 11.6 Å². The van der Waals surface area contributed by atoms with E-state index in [-0.39, 0.29) is 23.8 Å². The number of halogens is 2. The molecule has 2 N–H and O–H groups in total. The molecule has 0 unspecified atom stereocenters. The van der Waals surface area contributed by atoms with Crippen LogP contribution in [0, 0.1) is 5.82 Å². The van der Waals surface area contributed by atoms with Crippen molar-refractivity contribution >= 4 is 46.6 Å². The first-order chi connectivity index (χ1) is 14.5. The fraction of sp³-hybridized carbons (Fsp3) is 0.200. The van der Waals surface area contributed by atoms with Gasteiger partial charge < -0.3 is 15.2 Å². The second-order valence-corrected chi connectivity index (χ2v) is 7.57. The summed E-state index contributed by atoms with van der Waals surface area (Å²) in [7, 11) is 0. The van der Waals surface area contributed by atoms with Crippen molar-refractivity contribution < 1.29 is 14.0 Å². The zero-order valence-electron chi connectivity index (χ0n) is 16.1. The number of nitrogens with zero attached hydrogens (tertiary/aromatic N) is 3. The molecule has 1 heterocycles. The molecular formula is C20H19ClFN5O2S. The zero-order valence-corrected chi connectivity index (χ0v) is 17.6. The Balaban J connectivity index is 1.59. The molecule has 0 aliphatic rings. The summed E-state index contributed by atoms with van der Waals surface area (Å²) in [5, 5.41) is 14.5. The first kappa shape index (κ1) is 21.8. The van der Waals surface area contributed by atoms with Crippen molar-refractivity contribution in [3.63, 3.8) is 0 Å². The zero-order chi connectivity index (χ0) is 21.5. The molecule has 0 aliphatic carbocycles. The molecule has 2 aromatic carbocycles. The minimum absolute atomic E-state index is 0.0650. The SMILES string of the molecule is CCn1c(CC(=O)Nc2ccccc2F)nnc1SCC(=O)Nc1cccc(Cl)c1. The van der Waals surface area contributed by atoms with Crippen molar-refractivity contribution in [2.45, 2.75) is 25.0 Å². The van der Waals surface area contributed by atoms with Gasteiger partial charge in [0, 0.05) is 17.3 Å². The van der Waals surface area contributed by atoms with Gasteiger partial charge in [-0.2, -0.15) is 0 Å². The molecule has 7 nitrogen and oxygen atoms in total. The summed E-state index contributed by atoms with van der Waals surface area (Å²) in [6, 6.07) is 12.8. The summed E-state index contributed by atoms with van der Waals surface area (Å²) in [6.07, 6.45) is -0.0650. The van der Waals surface area contributed by atoms with Gasteiger partial charge in [0.05, 0.1) is 17.9 Å². The van der Waals surface area contributed by atoms with Gasteiger partial charge in [-0.1, -0.05) is 41.6 Å². The lowest BCUT2D eigenvalue weighted by atomic mass is 10.3. The Kier molecular flexibility index (Phi) is 7.42. The summed E-state index contributed by atoms with van der Waals surface area (Å²) in [6.45, 7) is 2.41. The second kappa shape index (κ2) is 10.2. The maximum Gasteiger partial charge on any atom is 0.234 e. The molecule has 0 fully saturated rings. The van der Waals surface area contributed by atoms with Crippen LogP contribution in [0.1, 0.15) is 12.7 Å². The molecule has 0 bridgehead atoms. The molecule has 0 saturated heterocycles. The molecule has 10 heteroatoms. The average molecular weight is 448 g/mol. The Labute approximate surface area is 182 Å². The molecule has 0 radical (unpaired) electrons. The highest BCUT2D eigenvalue weighted by Crippen LogP contribution is 2.20. The highest BCUT2D eigenvalue weighted by molar-refractivity contribution is 7.99. The number of hydrogen-bond donors (Lipinski definition) is 2. The van der Waals surface area contributed by atoms with Gasteiger partial charge in [0.15, 0.2) is 5.16 Å². The average Bonchev–Trinajstić information content (AvgIpc) is 3.09. The molecule has 1 aromatic heterocycles. The van der Waals surface area contributed by atoms with Crippen LogP contribution in [0.25, 0.3) is 0 Å². The van der Waals surface area contributed by atoms with Crippen LogP contribution in [0.15, 0.2) is 53.7 Å². The van der Waals surface area contributed by atoms with E-state index < -0.39 is 11.7 Å². The third-order valence-corrected chi connectivity index (χ3v) is 5.22. The third-order valence-electron chi connectivity index (χ3n) is 4.02. The lowest BCUT2D eigenvalue weighted by Gasteiger charge is -2.09. The number of thioether (sulfide) groups is 1. The van der Waals surface area contributed by atoms with Gasteiger partial charge in [-0.05, 0) is 37.3 Å². The number of carbonyl (C=O) groups excluding carboxylic acids is 2. The van der Waals surface area contributed by atoms with E-state index in [1.165, 1.54) is 23.9 Å². The maximum absolute atomic E-state index is 13.7. The summed E-state index contributed by atoms with van der Waals surface area (Å²) < 4.78 is 15.4. The number of carbonyl (C=O) groups is 2. The van der Waals surface area contributed by atoms with Crippen LogP contribution in [0.3, 0.4) is 0 Å². The molecule has 0 spiro atoms. The number of nitrogens with one attached hydrogen (secondary N) is 2. The van der Waals surface area contributed by atoms with Gasteiger partial charge in [0.25, 0.3) is 0 Å². The first-order valence-corrected chi connectivity index (χ1v) is 10.5. The summed E-state index contributed by atoms with van der Waals surface area (Å²) in [4.78, 5) is 24.5. The maximum atomic E-state index is 13.7. The van der Waals surface area contributed by atoms with Crippen LogP contribution in [0.5, 0.6) is 0 Å². The largest absolute Gasteiger partial charge is 0.325 e. The predicted molar refractivity (Wildman–Crippen MR) is 115 cm³/mol. The number of para-hydroxylation sites is 1. The van der Waals surface area contributed by atoms with E-state index in [1.807, 2.05) is 6.92 Å². The summed E-state index contributed by atoms with van der Waals surface area (Å²) in [5.74, 6) is -0.579. The quantitative estimate of drug-likeness (QED) is 0.509. The van der Waals surface area contributed by atoms with Gasteiger partial charge in [-0.15, -0.1) is 10.2 Å². The topological polar surface area (TPSA) is 88.9 Å². The molecule has 3 rings (SSSR count). The molecule has 3 aromatic rings. The minimum Gasteiger partial charge on any atom is -0.325 e. The van der Waals surface area contributed by atoms with Crippen LogP contribution >= 0.6 is 23.4 Å². The van der Waals surface area contributed by atoms with Crippen LogP contribution in [-0.2, 0) is 22.6 Å². The lowest BCUT2D eigenvalue weighted by Crippen LogP contribution is -2.18. The van der Waals surface area contributed by atoms with E-state index in [2.05, 4.69) is 20.8 Å². The molecule has 156 valence electrons. The van der Waals surface area contributed by atoms with Gasteiger partial charge >= 0.3 is 0 Å². The molecule has 0 atom stereocenters. The summed E-state index contributed by atoms with van der Waals surface area (Å²) in [5.41, 5.74) is 0.716. The van der Waals surface area contributed by atoms with Crippen LogP contribution in [-0.4, -0.2) is 32.3 Å². The Morgan fingerprint density at radius 3 is 2.63 bits per heavy atom. The fourth-order valence-electron chi connectivity index (χ4n) is 2.67. The van der Waals surface area contributed by atoms with E-state index >= 15 is 0 Å². The van der Waals surface area contributed by atoms with Gasteiger partial charge in [-0.25, -0.2) is 4.39 Å². The van der Waals surface area contributed by atoms with Crippen molar-refractivity contribution in [3.8, 4) is 0 Å². The number of aromatic nitrogens is 3. The number of anilines is 2. The molecule has 0 aliphatic heterocycles. The third kappa shape index (κ3) is 5.80. The fourth-order valence-corrected chi connectivity index (χ4v) is 3.68. The second-order valence-electron chi connectivity index (χ2n) is 6.20. The van der Waals surface area contributed by atoms with Crippen LogP contribution in [0.4, 0.5) is 15.8 Å². The van der Waals surface area contributed by atoms with Crippen molar-refractivity contribution in [1.29, 1.82) is 0 Å². The van der Waals surface area contributed by atoms with E-state index in [0.29, 0.717) is 28.2 Å². The smallest absolute Gasteiger partial charge is 0.234 e. The first-order valence-electron chi connectivity index (χ1n) is 9.11. The Morgan fingerprint density at radius 2 is 1.90 bits per heavy atom. The van der Waals surface area contributed by atoms with Crippen LogP contribution < -0.4 is 10.6 Å². The number of benzene rings is 2. The van der Waals surface area contributed by atoms with Crippen molar-refractivity contribution in [3.05, 3.63) is 65.2 Å². The standard InChI is InChI=1S/C20H19ClFN5O2S/c1-2-27-17(11-18(28)24-16-9-4-3-8-15(16)22)25-26-20(27)30-12-19(29)23-14-7-5-6-13(21)10-14/h3-10H,2,11-12H2,1H3,(H,23,29)(H,24,28). The Bertz CT molecular complexity index is 1060. The predicted octanol–water partition coefficient (Wildman–Crippen LogP) is 4.00. The van der Waals surface area contributed by atoms with Gasteiger partial charge in [0.2, 0.25) is 11.8 Å². The van der Waals surface area contributed by atoms with E-state index in [4.69, 9.17) is 11.6 Å². The number of amides is 2. The van der Waals surface area contributed by atoms with Gasteiger partial charge in [-0.3, -0.25) is 9.59 Å². The Morgan fingerprint density at radius 1 is 1.10 bits per heavy atom. The summed E-state index contributed by atoms with van der Waals surface area (Å²) >= 11 is 7.12. The minimum atomic E-state index is -0.509. The normalized spacial score (nSPS) is 10.6. The molecule has 0 saturated carbocycles. The lowest BCUT2D eigenvalue weighted by molar-refractivity contribution is -0.116. The molecular weight excluding hydrogens is 429 g/mol. The van der Waals surface area contributed by atoms with Crippen LogP contribution in [0.2, 0.25) is 5.02 Å². The Hall–Kier alpha value is -2.91. The number of rotatable bonds is 8. The number of hydrogen-bond acceptors (Lipinski definition) is 5.